The molecule has 0 aliphatic carbocycles. The van der Waals surface area contributed by atoms with Crippen molar-refractivity contribution in [3.8, 4) is 0 Å². The van der Waals surface area contributed by atoms with Gasteiger partial charge < -0.3 is 5.32 Å². The number of benzene rings is 1. The molecule has 0 aliphatic rings. The average Bonchev–Trinajstić information content (AvgIpc) is 2.93. The lowest BCUT2D eigenvalue weighted by Gasteiger charge is -2.19. The number of amides is 1. The maximum atomic E-state index is 13.1. The summed E-state index contributed by atoms with van der Waals surface area (Å²) in [5, 5.41) is 8.80. The molecule has 0 unspecified atom stereocenters. The van der Waals surface area contributed by atoms with E-state index in [1.807, 2.05) is 49.7 Å². The molecule has 0 spiro atoms. The molecule has 0 fully saturated rings. The van der Waals surface area contributed by atoms with E-state index in [0.717, 1.165) is 52.1 Å². The first-order valence-electron chi connectivity index (χ1n) is 9.59. The predicted molar refractivity (Wildman–Crippen MR) is 109 cm³/mol. The number of nitrogens with one attached hydrogen (secondary N) is 1. The van der Waals surface area contributed by atoms with Crippen LogP contribution in [0.5, 0.6) is 0 Å². The van der Waals surface area contributed by atoms with Crippen LogP contribution < -0.4 is 5.32 Å². The zero-order chi connectivity index (χ0) is 19.7. The Bertz CT molecular complexity index is 1000. The summed E-state index contributed by atoms with van der Waals surface area (Å²) in [6, 6.07) is 7.92. The minimum Gasteiger partial charge on any atom is -0.345 e. The molecule has 2 aromatic heterocycles. The Labute approximate surface area is 160 Å². The monoisotopic (exact) mass is 364 g/mol. The number of hydrogen-bond acceptors (Lipinski definition) is 3. The highest BCUT2D eigenvalue weighted by Crippen LogP contribution is 2.26. The zero-order valence-corrected chi connectivity index (χ0v) is 17.1. The molecule has 1 atom stereocenters. The van der Waals surface area contributed by atoms with Crippen LogP contribution in [-0.2, 0) is 6.54 Å². The van der Waals surface area contributed by atoms with Gasteiger partial charge in [-0.15, -0.1) is 0 Å². The van der Waals surface area contributed by atoms with E-state index in [4.69, 9.17) is 0 Å². The van der Waals surface area contributed by atoms with Gasteiger partial charge in [-0.3, -0.25) is 14.5 Å². The lowest BCUT2D eigenvalue weighted by Crippen LogP contribution is -2.29. The number of pyridine rings is 1. The first-order chi connectivity index (χ1) is 12.9. The summed E-state index contributed by atoms with van der Waals surface area (Å²) in [6.45, 7) is 13.0. The van der Waals surface area contributed by atoms with Crippen LogP contribution in [0.2, 0.25) is 0 Å². The van der Waals surface area contributed by atoms with Crippen LogP contribution in [0, 0.1) is 27.7 Å². The minimum atomic E-state index is -0.0849. The van der Waals surface area contributed by atoms with E-state index in [0.29, 0.717) is 5.56 Å². The molecule has 0 radical (unpaired) electrons. The van der Waals surface area contributed by atoms with Crippen molar-refractivity contribution in [2.24, 2.45) is 0 Å². The van der Waals surface area contributed by atoms with Crippen LogP contribution in [0.3, 0.4) is 0 Å². The van der Waals surface area contributed by atoms with Crippen LogP contribution in [0.4, 0.5) is 0 Å². The fraction of sp³-hybridized carbons (Fsp3) is 0.409. The van der Waals surface area contributed by atoms with Crippen LogP contribution >= 0.6 is 0 Å². The van der Waals surface area contributed by atoms with Gasteiger partial charge >= 0.3 is 0 Å². The third-order valence-electron chi connectivity index (χ3n) is 5.28. The van der Waals surface area contributed by atoms with Crippen LogP contribution in [0.1, 0.15) is 64.9 Å². The van der Waals surface area contributed by atoms with E-state index < -0.39 is 0 Å². The van der Waals surface area contributed by atoms with Gasteiger partial charge in [0, 0.05) is 23.2 Å². The summed E-state index contributed by atoms with van der Waals surface area (Å²) in [5.41, 5.74) is 6.67. The molecule has 142 valence electrons. The summed E-state index contributed by atoms with van der Waals surface area (Å²) in [4.78, 5) is 17.7. The first-order valence-corrected chi connectivity index (χ1v) is 9.59. The first kappa shape index (κ1) is 19.1. The predicted octanol–water partition coefficient (Wildman–Crippen LogP) is 4.57. The van der Waals surface area contributed by atoms with Gasteiger partial charge in [0.1, 0.15) is 0 Å². The highest BCUT2D eigenvalue weighted by molar-refractivity contribution is 5.99. The van der Waals surface area contributed by atoms with Crippen molar-refractivity contribution >= 4 is 16.8 Å². The Hall–Kier alpha value is -2.69. The Balaban J connectivity index is 1.95. The van der Waals surface area contributed by atoms with E-state index in [1.54, 1.807) is 0 Å². The molecule has 1 N–H and O–H groups in total. The standard InChI is InChI=1S/C22H28N4O/c1-7-19(20-15(5)25-26(8-2)16(20)6)24-22(27)18-12-17-11-9-10-13(3)21(17)23-14(18)4/h9-12,19H,7-8H2,1-6H3,(H,24,27)/t19-/m1/s1. The summed E-state index contributed by atoms with van der Waals surface area (Å²) in [5.74, 6) is -0.0849. The second-order valence-electron chi connectivity index (χ2n) is 7.10. The van der Waals surface area contributed by atoms with Gasteiger partial charge in [0.15, 0.2) is 0 Å². The van der Waals surface area contributed by atoms with Gasteiger partial charge in [0.05, 0.1) is 28.5 Å². The average molecular weight is 364 g/mol. The van der Waals surface area contributed by atoms with Gasteiger partial charge in [-0.25, -0.2) is 0 Å². The van der Waals surface area contributed by atoms with Crippen molar-refractivity contribution < 1.29 is 4.79 Å². The lowest BCUT2D eigenvalue weighted by atomic mass is 10.0. The van der Waals surface area contributed by atoms with Crippen molar-refractivity contribution in [1.29, 1.82) is 0 Å². The second kappa shape index (κ2) is 7.51. The van der Waals surface area contributed by atoms with Crippen LogP contribution in [-0.4, -0.2) is 20.7 Å². The van der Waals surface area contributed by atoms with E-state index >= 15 is 0 Å². The molecule has 3 aromatic rings. The van der Waals surface area contributed by atoms with E-state index in [1.165, 1.54) is 0 Å². The Morgan fingerprint density at radius 1 is 1.15 bits per heavy atom. The third kappa shape index (κ3) is 3.46. The van der Waals surface area contributed by atoms with Gasteiger partial charge in [-0.05, 0) is 52.7 Å². The van der Waals surface area contributed by atoms with Gasteiger partial charge in [0.2, 0.25) is 0 Å². The largest absolute Gasteiger partial charge is 0.345 e. The SMILES string of the molecule is CC[C@@H](NC(=O)c1cc2cccc(C)c2nc1C)c1c(C)nn(CC)c1C. The Morgan fingerprint density at radius 2 is 1.89 bits per heavy atom. The molecule has 1 aromatic carbocycles. The number of fused-ring (bicyclic) bond motifs is 1. The molecule has 5 heteroatoms. The highest BCUT2D eigenvalue weighted by Gasteiger charge is 2.22. The summed E-state index contributed by atoms with van der Waals surface area (Å²) >= 11 is 0. The number of rotatable bonds is 5. The molecule has 1 amide bonds. The lowest BCUT2D eigenvalue weighted by molar-refractivity contribution is 0.0934. The second-order valence-corrected chi connectivity index (χ2v) is 7.10. The number of carbonyl (C=O) groups excluding carboxylic acids is 1. The topological polar surface area (TPSA) is 59.8 Å². The molecule has 5 nitrogen and oxygen atoms in total. The molecule has 0 saturated heterocycles. The Kier molecular flexibility index (Phi) is 5.31. The molecule has 0 aliphatic heterocycles. The molecule has 0 saturated carbocycles. The smallest absolute Gasteiger partial charge is 0.253 e. The van der Waals surface area contributed by atoms with Gasteiger partial charge in [0.25, 0.3) is 5.91 Å². The molecule has 2 heterocycles. The molecule has 27 heavy (non-hydrogen) atoms. The quantitative estimate of drug-likeness (QED) is 0.721. The van der Waals surface area contributed by atoms with E-state index in [-0.39, 0.29) is 11.9 Å². The number of para-hydroxylation sites is 1. The van der Waals surface area contributed by atoms with Crippen molar-refractivity contribution in [2.45, 2.75) is 60.5 Å². The highest BCUT2D eigenvalue weighted by atomic mass is 16.1. The molecule has 3 rings (SSSR count). The van der Waals surface area contributed by atoms with E-state index in [9.17, 15) is 4.79 Å². The normalized spacial score (nSPS) is 12.4. The minimum absolute atomic E-state index is 0.0644. The number of aryl methyl sites for hydroxylation is 4. The maximum Gasteiger partial charge on any atom is 0.253 e. The number of aromatic nitrogens is 3. The maximum absolute atomic E-state index is 13.1. The fourth-order valence-corrected chi connectivity index (χ4v) is 3.81. The van der Waals surface area contributed by atoms with Crippen molar-refractivity contribution in [2.75, 3.05) is 0 Å². The summed E-state index contributed by atoms with van der Waals surface area (Å²) < 4.78 is 1.99. The molecular formula is C22H28N4O. The third-order valence-corrected chi connectivity index (χ3v) is 5.28. The number of carbonyl (C=O) groups is 1. The number of nitrogens with zero attached hydrogens (tertiary/aromatic N) is 3. The van der Waals surface area contributed by atoms with Crippen molar-refractivity contribution in [1.82, 2.24) is 20.1 Å². The molecule has 0 bridgehead atoms. The van der Waals surface area contributed by atoms with Crippen LogP contribution in [0.15, 0.2) is 24.3 Å². The Morgan fingerprint density at radius 3 is 2.52 bits per heavy atom. The van der Waals surface area contributed by atoms with Crippen molar-refractivity contribution in [3.63, 3.8) is 0 Å². The molecular weight excluding hydrogens is 336 g/mol. The number of hydrogen-bond donors (Lipinski definition) is 1. The van der Waals surface area contributed by atoms with Gasteiger partial charge in [-0.1, -0.05) is 25.1 Å². The zero-order valence-electron chi connectivity index (χ0n) is 17.1. The van der Waals surface area contributed by atoms with E-state index in [2.05, 4.69) is 36.2 Å². The van der Waals surface area contributed by atoms with Crippen LogP contribution in [0.25, 0.3) is 10.9 Å². The fourth-order valence-electron chi connectivity index (χ4n) is 3.81. The summed E-state index contributed by atoms with van der Waals surface area (Å²) in [6.07, 6.45) is 0.808. The summed E-state index contributed by atoms with van der Waals surface area (Å²) in [7, 11) is 0. The van der Waals surface area contributed by atoms with Gasteiger partial charge in [-0.2, -0.15) is 5.10 Å². The van der Waals surface area contributed by atoms with Crippen molar-refractivity contribution in [3.05, 3.63) is 58.0 Å².